The molecule has 0 bridgehead atoms. The van der Waals surface area contributed by atoms with Crippen LogP contribution in [0.5, 0.6) is 0 Å². The van der Waals surface area contributed by atoms with Crippen molar-refractivity contribution < 1.29 is 203 Å². The molecule has 0 spiro atoms. The van der Waals surface area contributed by atoms with Crippen LogP contribution in [0.1, 0.15) is 233 Å². The van der Waals surface area contributed by atoms with Crippen molar-refractivity contribution in [2.45, 2.75) is 257 Å². The zero-order chi connectivity index (χ0) is 55.3. The predicted octanol–water partition coefficient (Wildman–Crippen LogP) is -0.196. The first-order valence-corrected chi connectivity index (χ1v) is 30.4. The summed E-state index contributed by atoms with van der Waals surface area (Å²) in [5, 5.41) is -10.8. The number of carbonyl (C=O) groups is 1. The molecule has 2 fully saturated rings. The Hall–Kier alpha value is 2.62. The third-order valence-corrected chi connectivity index (χ3v) is 14.2. The summed E-state index contributed by atoms with van der Waals surface area (Å²) >= 11 is 0. The summed E-state index contributed by atoms with van der Waals surface area (Å²) in [5.41, 5.74) is 0. The van der Waals surface area contributed by atoms with E-state index in [1.165, 1.54) is 272 Å². The number of ketones is 1. The molecule has 2 aliphatic heterocycles. The number of carbonyl (C=O) groups excluding carboxylic acids is 1. The van der Waals surface area contributed by atoms with Gasteiger partial charge in [-0.25, -0.2) is 26.0 Å². The molecule has 0 aromatic rings. The number of likely N-dealkylation sites (N-methyl/N-ethyl adjacent to an activating group) is 2. The van der Waals surface area contributed by atoms with Crippen LogP contribution in [0.4, 0.5) is 35.1 Å². The Kier molecular flexibility index (Phi) is 72.1. The monoisotopic (exact) mass is 1250 g/mol. The Bertz CT molecular complexity index is 1380. The summed E-state index contributed by atoms with van der Waals surface area (Å²) in [6.07, 6.45) is 38.0. The molecular formula is C51H103Cl2F8K2N4O7S2+. The number of quaternary nitrogens is 2. The van der Waals surface area contributed by atoms with Crippen molar-refractivity contribution in [3.63, 3.8) is 0 Å². The molecule has 0 aromatic carbocycles. The van der Waals surface area contributed by atoms with E-state index in [1.54, 1.807) is 9.80 Å². The van der Waals surface area contributed by atoms with Crippen LogP contribution < -0.4 is 137 Å². The molecule has 11 nitrogen and oxygen atoms in total. The average Bonchev–Trinajstić information content (AvgIpc) is 3.92. The fourth-order valence-corrected chi connectivity index (χ4v) is 8.59. The van der Waals surface area contributed by atoms with Gasteiger partial charge in [-0.3, -0.25) is 14.4 Å². The van der Waals surface area contributed by atoms with E-state index in [1.807, 2.05) is 0 Å². The minimum atomic E-state index is -6.23. The topological polar surface area (TPSA) is 144 Å². The first-order chi connectivity index (χ1) is 33.8. The van der Waals surface area contributed by atoms with Gasteiger partial charge in [0.1, 0.15) is 19.1 Å². The number of halogens is 10. The smallest absolute Gasteiger partial charge is 1.00 e. The van der Waals surface area contributed by atoms with Gasteiger partial charge in [0.2, 0.25) is 0 Å². The zero-order valence-corrected chi connectivity index (χ0v) is 57.7. The van der Waals surface area contributed by atoms with Crippen LogP contribution in [0, 0.1) is 0 Å². The number of hydrogen-bond acceptors (Lipinski definition) is 8. The molecule has 2 heterocycles. The molecule has 76 heavy (non-hydrogen) atoms. The number of alkyl halides is 8. The van der Waals surface area contributed by atoms with E-state index >= 15 is 0 Å². The largest absolute Gasteiger partial charge is 1.00 e. The van der Waals surface area contributed by atoms with Gasteiger partial charge >= 0.3 is 136 Å². The van der Waals surface area contributed by atoms with Gasteiger partial charge in [-0.15, -0.1) is 0 Å². The molecule has 0 aromatic heterocycles. The Labute approximate surface area is 555 Å². The SMILES string of the molecule is CC(C)=O.CCCCCCCCCCCCCCCCCCN1CC[NH+](C)C1.CCCCCCCCCCCCCCCCCCN1CC[NH+](C)C1.O=S(=O)(O)C(F)(F)C(F)F.O=S(=O)([O-])C(F)(F)C(F)F.[Cl-].[Cl-].[K+].[K+]. The standard InChI is InChI=1S/2C22H46N2.C3H6O.2C2H2F4O3S.2ClH.2K/c2*1-3-4-5-6-7-8-9-10-11-12-13-14-15-16-17-18-19-24-21-20-23(2)22-24;1-3(2)4;2*3-1(4)2(5,6)10(7,8)9;;;;/h2*3-22H2,1-2H3;1-2H3;2*1H,(H,7,8,9);2*1H;;/q;;;;;;;2*+1/p-1. The first kappa shape index (κ1) is 92.3. The van der Waals surface area contributed by atoms with Crippen molar-refractivity contribution in [2.24, 2.45) is 0 Å². The van der Waals surface area contributed by atoms with E-state index in [4.69, 9.17) is 4.55 Å². The van der Waals surface area contributed by atoms with Gasteiger partial charge in [0.05, 0.1) is 40.3 Å². The summed E-state index contributed by atoms with van der Waals surface area (Å²) in [6, 6.07) is 0. The first-order valence-electron chi connectivity index (χ1n) is 27.6. The van der Waals surface area contributed by atoms with Gasteiger partial charge in [-0.2, -0.15) is 26.0 Å². The summed E-state index contributed by atoms with van der Waals surface area (Å²) in [4.78, 5) is 18.1. The zero-order valence-electron chi connectivity index (χ0n) is 48.3. The molecule has 2 atom stereocenters. The van der Waals surface area contributed by atoms with E-state index in [9.17, 15) is 61.3 Å². The number of nitrogens with zero attached hydrogens (tertiary/aromatic N) is 2. The molecule has 2 aliphatic rings. The normalized spacial score (nSPS) is 15.8. The molecule has 2 rings (SSSR count). The van der Waals surface area contributed by atoms with E-state index in [0.29, 0.717) is 0 Å². The number of Topliss-reactive ketones (excluding diaryl/α,β-unsaturated/α-hetero) is 1. The predicted molar refractivity (Wildman–Crippen MR) is 275 cm³/mol. The second-order valence-electron chi connectivity index (χ2n) is 20.1. The van der Waals surface area contributed by atoms with Crippen LogP contribution in [-0.2, 0) is 25.0 Å². The quantitative estimate of drug-likeness (QED) is 0.0332. The molecule has 0 aliphatic carbocycles. The molecule has 2 unspecified atom stereocenters. The average molecular weight is 1250 g/mol. The fourth-order valence-electron chi connectivity index (χ4n) is 8.15. The molecule has 3 N–H and O–H groups in total. The van der Waals surface area contributed by atoms with Crippen molar-refractivity contribution >= 4 is 26.0 Å². The summed E-state index contributed by atoms with van der Waals surface area (Å²) in [6.45, 7) is 18.2. The molecular weight excluding hydrogens is 1150 g/mol. The van der Waals surface area contributed by atoms with Gasteiger partial charge in [0.15, 0.2) is 10.1 Å². The molecule has 2 saturated heterocycles. The fraction of sp³-hybridized carbons (Fsp3) is 0.980. The van der Waals surface area contributed by atoms with Gasteiger partial charge < -0.3 is 44.0 Å². The number of nitrogens with one attached hydrogen (secondary N) is 2. The maximum absolute atomic E-state index is 11.5. The van der Waals surface area contributed by atoms with Crippen molar-refractivity contribution in [3.8, 4) is 0 Å². The minimum Gasteiger partial charge on any atom is -1.00 e. The number of rotatable bonds is 38. The Morgan fingerprint density at radius 1 is 0.487 bits per heavy atom. The molecule has 0 amide bonds. The third-order valence-electron chi connectivity index (χ3n) is 12.5. The summed E-state index contributed by atoms with van der Waals surface area (Å²) in [5.74, 6) is 0.167. The Morgan fingerprint density at radius 2 is 0.684 bits per heavy atom. The summed E-state index contributed by atoms with van der Waals surface area (Å²) < 4.78 is 144. The van der Waals surface area contributed by atoms with Crippen molar-refractivity contribution in [2.75, 3.05) is 66.7 Å². The van der Waals surface area contributed by atoms with E-state index in [0.717, 1.165) is 0 Å². The van der Waals surface area contributed by atoms with Crippen LogP contribution in [-0.4, -0.2) is 132 Å². The van der Waals surface area contributed by atoms with E-state index < -0.39 is 43.6 Å². The van der Waals surface area contributed by atoms with Crippen molar-refractivity contribution in [3.05, 3.63) is 0 Å². The van der Waals surface area contributed by atoms with Crippen LogP contribution in [0.3, 0.4) is 0 Å². The van der Waals surface area contributed by atoms with E-state index in [-0.39, 0.29) is 133 Å². The second kappa shape index (κ2) is 59.4. The third kappa shape index (κ3) is 58.4. The molecule has 25 heteroatoms. The Morgan fingerprint density at radius 3 is 0.803 bits per heavy atom. The van der Waals surface area contributed by atoms with Gasteiger partial charge in [-0.1, -0.05) is 206 Å². The number of hydrogen-bond donors (Lipinski definition) is 3. The number of unbranched alkanes of at least 4 members (excludes halogenated alkanes) is 30. The Balaban J connectivity index is -0.000000171. The molecule has 452 valence electrons. The summed E-state index contributed by atoms with van der Waals surface area (Å²) in [7, 11) is -7.59. The van der Waals surface area contributed by atoms with E-state index in [2.05, 4.69) is 37.7 Å². The van der Waals surface area contributed by atoms with Gasteiger partial charge in [0.25, 0.3) is 0 Å². The minimum absolute atomic E-state index is 0. The van der Waals surface area contributed by atoms with Crippen molar-refractivity contribution in [1.82, 2.24) is 9.80 Å². The maximum Gasteiger partial charge on any atom is 1.00 e. The van der Waals surface area contributed by atoms with Gasteiger partial charge in [0, 0.05) is 13.1 Å². The maximum atomic E-state index is 11.5. The van der Waals surface area contributed by atoms with Crippen LogP contribution in [0.15, 0.2) is 0 Å². The van der Waals surface area contributed by atoms with Gasteiger partial charge in [-0.05, 0) is 26.7 Å². The van der Waals surface area contributed by atoms with Crippen molar-refractivity contribution in [1.29, 1.82) is 0 Å². The van der Waals surface area contributed by atoms with Crippen LogP contribution in [0.25, 0.3) is 0 Å². The molecule has 0 saturated carbocycles. The second-order valence-corrected chi connectivity index (χ2v) is 23.1. The molecule has 0 radical (unpaired) electrons. The van der Waals surface area contributed by atoms with Crippen LogP contribution >= 0.6 is 0 Å². The van der Waals surface area contributed by atoms with Crippen LogP contribution in [0.2, 0.25) is 0 Å².